The Morgan fingerprint density at radius 1 is 1.62 bits per heavy atom. The first-order chi connectivity index (χ1) is 7.65. The van der Waals surface area contributed by atoms with Gasteiger partial charge in [0.2, 0.25) is 5.91 Å². The number of amides is 1. The largest absolute Gasteiger partial charge is 0.373 e. The molecule has 0 spiro atoms. The van der Waals surface area contributed by atoms with E-state index < -0.39 is 5.56 Å². The van der Waals surface area contributed by atoms with Gasteiger partial charge in [-0.3, -0.25) is 9.59 Å². The molecule has 0 unspecified atom stereocenters. The average Bonchev–Trinajstić information content (AvgIpc) is 2.28. The summed E-state index contributed by atoms with van der Waals surface area (Å²) < 4.78 is 0. The lowest BCUT2D eigenvalue weighted by atomic mass is 10.4. The van der Waals surface area contributed by atoms with Crippen LogP contribution in [0.5, 0.6) is 0 Å². The van der Waals surface area contributed by atoms with Crippen molar-refractivity contribution in [3.63, 3.8) is 0 Å². The van der Waals surface area contributed by atoms with Crippen molar-refractivity contribution in [1.29, 1.82) is 0 Å². The van der Waals surface area contributed by atoms with Gasteiger partial charge in [-0.15, -0.1) is 0 Å². The third-order valence-corrected chi connectivity index (χ3v) is 2.18. The lowest BCUT2D eigenvalue weighted by Crippen LogP contribution is -2.30. The van der Waals surface area contributed by atoms with Crippen LogP contribution in [0.15, 0.2) is 11.0 Å². The minimum Gasteiger partial charge on any atom is -0.373 e. The van der Waals surface area contributed by atoms with Gasteiger partial charge in [0.15, 0.2) is 0 Å². The number of H-pyrrole nitrogens is 1. The molecule has 1 aromatic rings. The molecule has 1 heterocycles. The van der Waals surface area contributed by atoms with Crippen LogP contribution in [0.4, 0.5) is 5.69 Å². The van der Waals surface area contributed by atoms with Gasteiger partial charge in [-0.2, -0.15) is 5.10 Å². The van der Waals surface area contributed by atoms with Crippen molar-refractivity contribution >= 4 is 23.2 Å². The molecule has 0 fully saturated rings. The van der Waals surface area contributed by atoms with Gasteiger partial charge in [0.05, 0.1) is 18.4 Å². The van der Waals surface area contributed by atoms with E-state index in [1.54, 1.807) is 0 Å². The standard InChI is InChI=1S/C9H13ClN4O2/c1-2-3-11-7(15)5-12-6-4-13-14-9(16)8(6)10/h4H,2-3,5H2,1H3,(H,11,15)(H2,12,14,16). The summed E-state index contributed by atoms with van der Waals surface area (Å²) in [5.74, 6) is -0.154. The summed E-state index contributed by atoms with van der Waals surface area (Å²) in [7, 11) is 0. The summed E-state index contributed by atoms with van der Waals surface area (Å²) in [4.78, 5) is 22.3. The molecular formula is C9H13ClN4O2. The van der Waals surface area contributed by atoms with Gasteiger partial charge >= 0.3 is 0 Å². The minimum atomic E-state index is -0.486. The van der Waals surface area contributed by atoms with E-state index in [2.05, 4.69) is 20.8 Å². The number of aromatic nitrogens is 2. The lowest BCUT2D eigenvalue weighted by molar-refractivity contribution is -0.119. The van der Waals surface area contributed by atoms with Gasteiger partial charge in [-0.05, 0) is 6.42 Å². The summed E-state index contributed by atoms with van der Waals surface area (Å²) in [5.41, 5.74) is -0.141. The van der Waals surface area contributed by atoms with Gasteiger partial charge in [0.25, 0.3) is 5.56 Å². The molecular weight excluding hydrogens is 232 g/mol. The fraction of sp³-hybridized carbons (Fsp3) is 0.444. The van der Waals surface area contributed by atoms with Gasteiger partial charge in [-0.25, -0.2) is 5.10 Å². The van der Waals surface area contributed by atoms with Crippen LogP contribution in [0.1, 0.15) is 13.3 Å². The van der Waals surface area contributed by atoms with Crippen molar-refractivity contribution < 1.29 is 4.79 Å². The highest BCUT2D eigenvalue weighted by Crippen LogP contribution is 2.13. The van der Waals surface area contributed by atoms with Gasteiger partial charge in [0, 0.05) is 6.54 Å². The van der Waals surface area contributed by atoms with E-state index in [0.717, 1.165) is 6.42 Å². The Balaban J connectivity index is 2.52. The normalized spacial score (nSPS) is 9.88. The Labute approximate surface area is 97.4 Å². The number of nitrogens with zero attached hydrogens (tertiary/aromatic N) is 1. The number of anilines is 1. The zero-order chi connectivity index (χ0) is 12.0. The maximum absolute atomic E-state index is 11.2. The molecule has 0 aliphatic rings. The molecule has 16 heavy (non-hydrogen) atoms. The molecule has 0 aliphatic carbocycles. The summed E-state index contributed by atoms with van der Waals surface area (Å²) in [6.07, 6.45) is 2.23. The highest BCUT2D eigenvalue weighted by Gasteiger charge is 2.06. The Morgan fingerprint density at radius 2 is 2.38 bits per heavy atom. The molecule has 0 aromatic carbocycles. The minimum absolute atomic E-state index is 0.00158. The molecule has 0 radical (unpaired) electrons. The van der Waals surface area contributed by atoms with Crippen molar-refractivity contribution in [2.75, 3.05) is 18.4 Å². The highest BCUT2D eigenvalue weighted by atomic mass is 35.5. The Hall–Kier alpha value is -1.56. The first-order valence-corrected chi connectivity index (χ1v) is 5.26. The third-order valence-electron chi connectivity index (χ3n) is 1.81. The predicted molar refractivity (Wildman–Crippen MR) is 61.7 cm³/mol. The summed E-state index contributed by atoms with van der Waals surface area (Å²) >= 11 is 5.70. The second kappa shape index (κ2) is 6.12. The molecule has 0 saturated heterocycles. The van der Waals surface area contributed by atoms with Gasteiger partial charge < -0.3 is 10.6 Å². The zero-order valence-electron chi connectivity index (χ0n) is 8.84. The number of hydrogen-bond acceptors (Lipinski definition) is 4. The lowest BCUT2D eigenvalue weighted by Gasteiger charge is -2.07. The number of halogens is 1. The van der Waals surface area contributed by atoms with Crippen LogP contribution in [0.2, 0.25) is 5.02 Å². The fourth-order valence-electron chi connectivity index (χ4n) is 1.01. The number of carbonyl (C=O) groups excluding carboxylic acids is 1. The molecule has 0 atom stereocenters. The van der Waals surface area contributed by atoms with Crippen molar-refractivity contribution in [2.24, 2.45) is 0 Å². The highest BCUT2D eigenvalue weighted by molar-refractivity contribution is 6.32. The Kier molecular flexibility index (Phi) is 4.78. The van der Waals surface area contributed by atoms with Crippen molar-refractivity contribution in [3.05, 3.63) is 21.6 Å². The topological polar surface area (TPSA) is 86.9 Å². The van der Waals surface area contributed by atoms with Crippen LogP contribution >= 0.6 is 11.6 Å². The molecule has 6 nitrogen and oxygen atoms in total. The van der Waals surface area contributed by atoms with E-state index >= 15 is 0 Å². The van der Waals surface area contributed by atoms with Crippen LogP contribution in [0.25, 0.3) is 0 Å². The zero-order valence-corrected chi connectivity index (χ0v) is 9.60. The summed E-state index contributed by atoms with van der Waals surface area (Å²) in [6, 6.07) is 0. The molecule has 1 rings (SSSR count). The first kappa shape index (κ1) is 12.5. The second-order valence-corrected chi connectivity index (χ2v) is 3.51. The Bertz CT molecular complexity index is 418. The van der Waals surface area contributed by atoms with Gasteiger partial charge in [-0.1, -0.05) is 18.5 Å². The monoisotopic (exact) mass is 244 g/mol. The van der Waals surface area contributed by atoms with E-state index in [1.165, 1.54) is 6.20 Å². The summed E-state index contributed by atoms with van der Waals surface area (Å²) in [6.45, 7) is 2.65. The summed E-state index contributed by atoms with van der Waals surface area (Å²) in [5, 5.41) is 11.2. The third kappa shape index (κ3) is 3.54. The van der Waals surface area contributed by atoms with Crippen molar-refractivity contribution in [3.8, 4) is 0 Å². The quantitative estimate of drug-likeness (QED) is 0.698. The molecule has 3 N–H and O–H groups in total. The van der Waals surface area contributed by atoms with E-state index in [-0.39, 0.29) is 17.5 Å². The maximum Gasteiger partial charge on any atom is 0.285 e. The van der Waals surface area contributed by atoms with Crippen LogP contribution in [-0.4, -0.2) is 29.2 Å². The van der Waals surface area contributed by atoms with Gasteiger partial charge in [0.1, 0.15) is 5.02 Å². The number of hydrogen-bond donors (Lipinski definition) is 3. The van der Waals surface area contributed by atoms with Crippen LogP contribution < -0.4 is 16.2 Å². The maximum atomic E-state index is 11.2. The van der Waals surface area contributed by atoms with E-state index in [9.17, 15) is 9.59 Å². The molecule has 0 bridgehead atoms. The molecule has 1 amide bonds. The molecule has 0 saturated carbocycles. The predicted octanol–water partition coefficient (Wildman–Crippen LogP) is 0.361. The van der Waals surface area contributed by atoms with Crippen LogP contribution in [0.3, 0.4) is 0 Å². The smallest absolute Gasteiger partial charge is 0.285 e. The van der Waals surface area contributed by atoms with Crippen molar-refractivity contribution in [2.45, 2.75) is 13.3 Å². The fourth-order valence-corrected chi connectivity index (χ4v) is 1.17. The number of rotatable bonds is 5. The van der Waals surface area contributed by atoms with Crippen molar-refractivity contribution in [1.82, 2.24) is 15.5 Å². The van der Waals surface area contributed by atoms with E-state index in [1.807, 2.05) is 6.92 Å². The number of aromatic amines is 1. The van der Waals surface area contributed by atoms with Crippen LogP contribution in [0, 0.1) is 0 Å². The Morgan fingerprint density at radius 3 is 3.06 bits per heavy atom. The average molecular weight is 245 g/mol. The molecule has 7 heteroatoms. The molecule has 0 aliphatic heterocycles. The second-order valence-electron chi connectivity index (χ2n) is 3.13. The molecule has 88 valence electrons. The SMILES string of the molecule is CCCNC(=O)CNc1cn[nH]c(=O)c1Cl. The molecule has 1 aromatic heterocycles. The van der Waals surface area contributed by atoms with Crippen LogP contribution in [-0.2, 0) is 4.79 Å². The number of carbonyl (C=O) groups is 1. The van der Waals surface area contributed by atoms with E-state index in [0.29, 0.717) is 12.2 Å². The number of nitrogens with one attached hydrogen (secondary N) is 3. The first-order valence-electron chi connectivity index (χ1n) is 4.89. The van der Waals surface area contributed by atoms with E-state index in [4.69, 9.17) is 11.6 Å².